The van der Waals surface area contributed by atoms with Crippen LogP contribution in [0.25, 0.3) is 0 Å². The molecule has 0 saturated carbocycles. The van der Waals surface area contributed by atoms with Crippen molar-refractivity contribution in [2.75, 3.05) is 5.48 Å². The number of hydrogen-bond acceptors (Lipinski definition) is 4. The molecular weight excluding hydrogens is 252 g/mol. The van der Waals surface area contributed by atoms with Crippen LogP contribution in [0.2, 0.25) is 0 Å². The Bertz CT molecular complexity index is 606. The molecule has 0 amide bonds. The Morgan fingerprint density at radius 1 is 1.05 bits per heavy atom. The van der Waals surface area contributed by atoms with Crippen LogP contribution in [0.5, 0.6) is 11.5 Å². The number of rotatable bonds is 4. The van der Waals surface area contributed by atoms with Gasteiger partial charge in [0.15, 0.2) is 0 Å². The number of benzene rings is 2. The third kappa shape index (κ3) is 3.75. The highest BCUT2D eigenvalue weighted by Crippen LogP contribution is 2.26. The second kappa shape index (κ2) is 6.10. The van der Waals surface area contributed by atoms with Crippen LogP contribution >= 0.6 is 0 Å². The van der Waals surface area contributed by atoms with Crippen LogP contribution in [0.4, 0.5) is 5.69 Å². The summed E-state index contributed by atoms with van der Waals surface area (Å²) in [5.74, 6) is 1.73. The van der Waals surface area contributed by atoms with Gasteiger partial charge in [-0.25, -0.2) is 5.48 Å². The minimum atomic E-state index is 0.112. The van der Waals surface area contributed by atoms with E-state index in [0.717, 1.165) is 22.7 Å². The third-order valence-electron chi connectivity index (χ3n) is 2.75. The summed E-state index contributed by atoms with van der Waals surface area (Å²) in [4.78, 5) is 4.91. The van der Waals surface area contributed by atoms with Gasteiger partial charge in [0.25, 0.3) is 0 Å². The molecule has 20 heavy (non-hydrogen) atoms. The molecular formula is C16H18N2O2. The summed E-state index contributed by atoms with van der Waals surface area (Å²) in [6.07, 6.45) is 0. The van der Waals surface area contributed by atoms with E-state index in [1.54, 1.807) is 6.92 Å². The second-order valence-corrected chi connectivity index (χ2v) is 4.66. The van der Waals surface area contributed by atoms with Gasteiger partial charge in [0.1, 0.15) is 11.5 Å². The van der Waals surface area contributed by atoms with Crippen LogP contribution in [-0.4, -0.2) is 5.90 Å². The average Bonchev–Trinajstić information content (AvgIpc) is 2.42. The maximum absolute atomic E-state index is 7.17. The standard InChI is InChI=1S/C16H18N2O2/c1-11-4-5-12(2)16(10-11)19-15-8-6-14(7-9-15)18-20-13(3)17/h4-10,17-18H,1-3H3. The first-order valence-electron chi connectivity index (χ1n) is 6.38. The highest BCUT2D eigenvalue weighted by molar-refractivity contribution is 5.70. The number of anilines is 1. The van der Waals surface area contributed by atoms with Crippen molar-refractivity contribution < 1.29 is 9.57 Å². The van der Waals surface area contributed by atoms with Gasteiger partial charge in [-0.2, -0.15) is 0 Å². The molecule has 2 aromatic rings. The van der Waals surface area contributed by atoms with E-state index in [1.807, 2.05) is 50.2 Å². The van der Waals surface area contributed by atoms with Crippen molar-refractivity contribution >= 4 is 11.6 Å². The first kappa shape index (κ1) is 13.9. The smallest absolute Gasteiger partial charge is 0.211 e. The van der Waals surface area contributed by atoms with E-state index >= 15 is 0 Å². The highest BCUT2D eigenvalue weighted by Gasteiger charge is 2.02. The van der Waals surface area contributed by atoms with Gasteiger partial charge in [-0.3, -0.25) is 5.41 Å². The van der Waals surface area contributed by atoms with Crippen molar-refractivity contribution in [1.29, 1.82) is 5.41 Å². The Kier molecular flexibility index (Phi) is 4.25. The lowest BCUT2D eigenvalue weighted by molar-refractivity contribution is 0.386. The molecule has 2 rings (SSSR count). The molecule has 0 radical (unpaired) electrons. The van der Waals surface area contributed by atoms with Gasteiger partial charge in [0, 0.05) is 6.92 Å². The lowest BCUT2D eigenvalue weighted by atomic mass is 10.1. The molecule has 0 aliphatic carbocycles. The van der Waals surface area contributed by atoms with Gasteiger partial charge in [-0.05, 0) is 55.3 Å². The molecule has 0 saturated heterocycles. The van der Waals surface area contributed by atoms with Crippen molar-refractivity contribution in [2.24, 2.45) is 0 Å². The molecule has 0 heterocycles. The van der Waals surface area contributed by atoms with Gasteiger partial charge < -0.3 is 9.57 Å². The molecule has 0 spiro atoms. The van der Waals surface area contributed by atoms with Gasteiger partial charge in [-0.1, -0.05) is 12.1 Å². The highest BCUT2D eigenvalue weighted by atomic mass is 16.7. The number of nitrogens with one attached hydrogen (secondary N) is 2. The summed E-state index contributed by atoms with van der Waals surface area (Å²) in [7, 11) is 0. The van der Waals surface area contributed by atoms with Gasteiger partial charge in [-0.15, -0.1) is 0 Å². The maximum Gasteiger partial charge on any atom is 0.211 e. The van der Waals surface area contributed by atoms with Crippen molar-refractivity contribution in [1.82, 2.24) is 0 Å². The largest absolute Gasteiger partial charge is 0.457 e. The molecule has 0 bridgehead atoms. The van der Waals surface area contributed by atoms with Gasteiger partial charge in [0.05, 0.1) is 5.69 Å². The first-order chi connectivity index (χ1) is 9.54. The summed E-state index contributed by atoms with van der Waals surface area (Å²) >= 11 is 0. The van der Waals surface area contributed by atoms with E-state index in [4.69, 9.17) is 15.0 Å². The molecule has 0 aliphatic heterocycles. The van der Waals surface area contributed by atoms with E-state index in [1.165, 1.54) is 5.56 Å². The molecule has 0 aliphatic rings. The lowest BCUT2D eigenvalue weighted by Gasteiger charge is -2.11. The van der Waals surface area contributed by atoms with E-state index in [9.17, 15) is 0 Å². The molecule has 0 fully saturated rings. The summed E-state index contributed by atoms with van der Waals surface area (Å²) in [5.41, 5.74) is 5.71. The van der Waals surface area contributed by atoms with Crippen LogP contribution in [0, 0.1) is 19.3 Å². The Morgan fingerprint density at radius 2 is 1.75 bits per heavy atom. The molecule has 4 heteroatoms. The molecule has 0 aromatic heterocycles. The first-order valence-corrected chi connectivity index (χ1v) is 6.38. The Labute approximate surface area is 118 Å². The van der Waals surface area contributed by atoms with Crippen LogP contribution in [0.1, 0.15) is 18.1 Å². The maximum atomic E-state index is 7.17. The Balaban J connectivity index is 2.06. The number of aryl methyl sites for hydroxylation is 2. The van der Waals surface area contributed by atoms with Crippen molar-refractivity contribution in [3.8, 4) is 11.5 Å². The van der Waals surface area contributed by atoms with Crippen LogP contribution in [-0.2, 0) is 4.84 Å². The minimum Gasteiger partial charge on any atom is -0.457 e. The fraction of sp³-hybridized carbons (Fsp3) is 0.188. The van der Waals surface area contributed by atoms with Gasteiger partial charge in [0.2, 0.25) is 5.90 Å². The molecule has 2 N–H and O–H groups in total. The number of hydrogen-bond donors (Lipinski definition) is 2. The average molecular weight is 270 g/mol. The summed E-state index contributed by atoms with van der Waals surface area (Å²) in [6.45, 7) is 5.62. The SMILES string of the molecule is CC(=N)ONc1ccc(Oc2cc(C)ccc2C)cc1. The molecule has 4 nitrogen and oxygen atoms in total. The number of ether oxygens (including phenoxy) is 1. The molecule has 2 aromatic carbocycles. The summed E-state index contributed by atoms with van der Waals surface area (Å²) in [5, 5.41) is 7.17. The zero-order valence-electron chi connectivity index (χ0n) is 11.9. The van der Waals surface area contributed by atoms with E-state index in [-0.39, 0.29) is 5.90 Å². The van der Waals surface area contributed by atoms with Crippen LogP contribution in [0.3, 0.4) is 0 Å². The van der Waals surface area contributed by atoms with Gasteiger partial charge >= 0.3 is 0 Å². The molecule has 0 atom stereocenters. The van der Waals surface area contributed by atoms with Crippen LogP contribution < -0.4 is 10.2 Å². The minimum absolute atomic E-state index is 0.112. The Morgan fingerprint density at radius 3 is 2.40 bits per heavy atom. The topological polar surface area (TPSA) is 54.3 Å². The quantitative estimate of drug-likeness (QED) is 0.490. The fourth-order valence-electron chi connectivity index (χ4n) is 1.67. The van der Waals surface area contributed by atoms with Crippen LogP contribution in [0.15, 0.2) is 42.5 Å². The predicted octanol–water partition coefficient (Wildman–Crippen LogP) is 4.44. The second-order valence-electron chi connectivity index (χ2n) is 4.66. The lowest BCUT2D eigenvalue weighted by Crippen LogP contribution is -2.05. The van der Waals surface area contributed by atoms with Crippen molar-refractivity contribution in [3.05, 3.63) is 53.6 Å². The Hall–Kier alpha value is -2.49. The monoisotopic (exact) mass is 270 g/mol. The fourth-order valence-corrected chi connectivity index (χ4v) is 1.67. The summed E-state index contributed by atoms with van der Waals surface area (Å²) in [6, 6.07) is 13.5. The van der Waals surface area contributed by atoms with E-state index in [2.05, 4.69) is 11.5 Å². The zero-order chi connectivity index (χ0) is 14.5. The van der Waals surface area contributed by atoms with E-state index in [0.29, 0.717) is 0 Å². The van der Waals surface area contributed by atoms with Crippen molar-refractivity contribution in [3.63, 3.8) is 0 Å². The van der Waals surface area contributed by atoms with Crippen molar-refractivity contribution in [2.45, 2.75) is 20.8 Å². The van der Waals surface area contributed by atoms with E-state index < -0.39 is 0 Å². The molecule has 104 valence electrons. The normalized spacial score (nSPS) is 9.95. The zero-order valence-corrected chi connectivity index (χ0v) is 11.9. The molecule has 0 unspecified atom stereocenters. The third-order valence-corrected chi connectivity index (χ3v) is 2.75. The predicted molar refractivity (Wildman–Crippen MR) is 80.5 cm³/mol. The summed E-state index contributed by atoms with van der Waals surface area (Å²) < 4.78 is 5.86.